The van der Waals surface area contributed by atoms with Gasteiger partial charge in [-0.15, -0.1) is 0 Å². The minimum atomic E-state index is -1.22. The molecule has 1 aromatic carbocycles. The van der Waals surface area contributed by atoms with Gasteiger partial charge in [-0.3, -0.25) is 14.4 Å². The summed E-state index contributed by atoms with van der Waals surface area (Å²) in [6.45, 7) is 0.472. The van der Waals surface area contributed by atoms with Crippen molar-refractivity contribution in [2.45, 2.75) is 38.3 Å². The quantitative estimate of drug-likeness (QED) is 0.665. The van der Waals surface area contributed by atoms with Crippen molar-refractivity contribution in [2.24, 2.45) is 5.92 Å². The van der Waals surface area contributed by atoms with Crippen LogP contribution in [0.1, 0.15) is 43.2 Å². The lowest BCUT2D eigenvalue weighted by Crippen LogP contribution is -2.40. The van der Waals surface area contributed by atoms with Crippen molar-refractivity contribution in [1.82, 2.24) is 15.6 Å². The number of hydrogen-bond donors (Lipinski definition) is 2. The minimum Gasteiger partial charge on any atom is -0.446 e. The van der Waals surface area contributed by atoms with E-state index in [-0.39, 0.29) is 18.9 Å². The van der Waals surface area contributed by atoms with Crippen LogP contribution in [0.2, 0.25) is 0 Å². The van der Waals surface area contributed by atoms with Crippen molar-refractivity contribution < 1.29 is 28.3 Å². The first-order valence-corrected chi connectivity index (χ1v) is 9.76. The van der Waals surface area contributed by atoms with Crippen molar-refractivity contribution in [3.8, 4) is 0 Å². The van der Waals surface area contributed by atoms with Crippen LogP contribution in [-0.2, 0) is 25.7 Å². The van der Waals surface area contributed by atoms with Crippen LogP contribution in [-0.4, -0.2) is 35.1 Å². The Morgan fingerprint density at radius 2 is 2.03 bits per heavy atom. The molecule has 0 aliphatic carbocycles. The summed E-state index contributed by atoms with van der Waals surface area (Å²) in [5.74, 6) is -2.56. The lowest BCUT2D eigenvalue weighted by atomic mass is 9.88. The van der Waals surface area contributed by atoms with E-state index in [0.717, 1.165) is 12.0 Å². The van der Waals surface area contributed by atoms with Crippen LogP contribution >= 0.6 is 0 Å². The molecule has 2 heterocycles. The zero-order valence-electron chi connectivity index (χ0n) is 16.3. The Kier molecular flexibility index (Phi) is 7.31. The van der Waals surface area contributed by atoms with E-state index in [1.807, 2.05) is 18.2 Å². The largest absolute Gasteiger partial charge is 0.446 e. The van der Waals surface area contributed by atoms with E-state index < -0.39 is 35.5 Å². The van der Waals surface area contributed by atoms with Crippen LogP contribution < -0.4 is 10.6 Å². The molecule has 1 aliphatic rings. The topological polar surface area (TPSA) is 128 Å². The average Bonchev–Trinajstić information content (AvgIpc) is 3.28. The molecule has 2 unspecified atom stereocenters. The number of oxazole rings is 1. The molecule has 158 valence electrons. The number of hydrogen-bond acceptors (Lipinski definition) is 7. The Balaban J connectivity index is 1.65. The van der Waals surface area contributed by atoms with Gasteiger partial charge < -0.3 is 19.8 Å². The standard InChI is InChI=1S/C21H23N3O6/c25-16(12-15-8-4-5-9-22-19(27)18(15)26)17(20-23-10-11-29-20)24-21(28)30-13-14-6-2-1-3-7-14/h1-3,6-7,10-11,15,17H,4-5,8-9,12-13H2,(H,22,27)(H,24,28). The van der Waals surface area contributed by atoms with Crippen molar-refractivity contribution in [3.05, 3.63) is 54.2 Å². The van der Waals surface area contributed by atoms with E-state index in [2.05, 4.69) is 15.6 Å². The van der Waals surface area contributed by atoms with Crippen molar-refractivity contribution >= 4 is 23.6 Å². The second kappa shape index (κ2) is 10.3. The van der Waals surface area contributed by atoms with Crippen molar-refractivity contribution in [2.75, 3.05) is 6.54 Å². The van der Waals surface area contributed by atoms with Gasteiger partial charge in [-0.25, -0.2) is 9.78 Å². The van der Waals surface area contributed by atoms with Crippen LogP contribution in [0, 0.1) is 5.92 Å². The number of Topliss-reactive ketones (excluding diaryl/α,β-unsaturated/α-hetero) is 2. The number of ketones is 2. The maximum atomic E-state index is 12.9. The average molecular weight is 413 g/mol. The number of benzene rings is 1. The molecule has 1 fully saturated rings. The first kappa shape index (κ1) is 21.2. The van der Waals surface area contributed by atoms with Gasteiger partial charge in [-0.05, 0) is 18.4 Å². The Morgan fingerprint density at radius 1 is 1.23 bits per heavy atom. The highest BCUT2D eigenvalue weighted by Crippen LogP contribution is 2.22. The number of nitrogens with one attached hydrogen (secondary N) is 2. The van der Waals surface area contributed by atoms with Gasteiger partial charge in [0.2, 0.25) is 11.7 Å². The molecule has 1 saturated heterocycles. The second-order valence-corrected chi connectivity index (χ2v) is 6.99. The molecule has 1 aromatic heterocycles. The molecular weight excluding hydrogens is 390 g/mol. The summed E-state index contributed by atoms with van der Waals surface area (Å²) in [4.78, 5) is 53.3. The van der Waals surface area contributed by atoms with E-state index >= 15 is 0 Å². The lowest BCUT2D eigenvalue weighted by molar-refractivity contribution is -0.141. The highest BCUT2D eigenvalue weighted by Gasteiger charge is 2.34. The number of ether oxygens (including phenoxy) is 1. The predicted molar refractivity (Wildman–Crippen MR) is 104 cm³/mol. The fraction of sp³-hybridized carbons (Fsp3) is 0.381. The van der Waals surface area contributed by atoms with Gasteiger partial charge in [0.25, 0.3) is 5.91 Å². The molecule has 2 N–H and O–H groups in total. The van der Waals surface area contributed by atoms with Gasteiger partial charge in [0.05, 0.1) is 6.20 Å². The van der Waals surface area contributed by atoms with Crippen molar-refractivity contribution in [1.29, 1.82) is 0 Å². The third kappa shape index (κ3) is 5.76. The number of rotatable bonds is 7. The maximum Gasteiger partial charge on any atom is 0.408 e. The first-order chi connectivity index (χ1) is 14.5. The molecule has 9 heteroatoms. The third-order valence-corrected chi connectivity index (χ3v) is 4.80. The van der Waals surface area contributed by atoms with Crippen LogP contribution in [0.3, 0.4) is 0 Å². The predicted octanol–water partition coefficient (Wildman–Crippen LogP) is 2.09. The molecule has 9 nitrogen and oxygen atoms in total. The van der Waals surface area contributed by atoms with E-state index in [0.29, 0.717) is 19.4 Å². The van der Waals surface area contributed by atoms with Crippen LogP contribution in [0.4, 0.5) is 4.79 Å². The smallest absolute Gasteiger partial charge is 0.408 e. The lowest BCUT2D eigenvalue weighted by Gasteiger charge is -2.20. The minimum absolute atomic E-state index is 0.0144. The number of carbonyl (C=O) groups excluding carboxylic acids is 4. The van der Waals surface area contributed by atoms with Crippen LogP contribution in [0.15, 0.2) is 47.2 Å². The van der Waals surface area contributed by atoms with Crippen LogP contribution in [0.5, 0.6) is 0 Å². The first-order valence-electron chi connectivity index (χ1n) is 9.76. The molecule has 2 aromatic rings. The summed E-state index contributed by atoms with van der Waals surface area (Å²) >= 11 is 0. The van der Waals surface area contributed by atoms with Gasteiger partial charge in [-0.2, -0.15) is 0 Å². The molecule has 30 heavy (non-hydrogen) atoms. The Labute approximate surface area is 173 Å². The van der Waals surface area contributed by atoms with Gasteiger partial charge in [0.1, 0.15) is 12.9 Å². The summed E-state index contributed by atoms with van der Waals surface area (Å²) in [6.07, 6.45) is 3.46. The number of nitrogens with zero attached hydrogens (tertiary/aromatic N) is 1. The molecule has 2 amide bonds. The highest BCUT2D eigenvalue weighted by atomic mass is 16.5. The number of amides is 2. The van der Waals surface area contributed by atoms with Crippen LogP contribution in [0.25, 0.3) is 0 Å². The zero-order valence-corrected chi connectivity index (χ0v) is 16.3. The van der Waals surface area contributed by atoms with Gasteiger partial charge in [-0.1, -0.05) is 36.8 Å². The fourth-order valence-corrected chi connectivity index (χ4v) is 3.22. The van der Waals surface area contributed by atoms with Gasteiger partial charge in [0.15, 0.2) is 11.8 Å². The molecule has 0 spiro atoms. The summed E-state index contributed by atoms with van der Waals surface area (Å²) in [6, 6.07) is 7.86. The summed E-state index contributed by atoms with van der Waals surface area (Å²) in [7, 11) is 0. The number of aromatic nitrogens is 1. The number of carbonyl (C=O) groups is 4. The highest BCUT2D eigenvalue weighted by molar-refractivity contribution is 6.37. The molecule has 0 saturated carbocycles. The normalized spacial score (nSPS) is 17.9. The summed E-state index contributed by atoms with van der Waals surface area (Å²) in [5.41, 5.74) is 0.790. The van der Waals surface area contributed by atoms with Gasteiger partial charge in [0, 0.05) is 18.9 Å². The fourth-order valence-electron chi connectivity index (χ4n) is 3.22. The van der Waals surface area contributed by atoms with E-state index in [9.17, 15) is 19.2 Å². The summed E-state index contributed by atoms with van der Waals surface area (Å²) < 4.78 is 10.4. The maximum absolute atomic E-state index is 12.9. The molecule has 0 radical (unpaired) electrons. The SMILES string of the molecule is O=C(NC(C(=O)CC1CCCCNC(=O)C1=O)c1ncco1)OCc1ccccc1. The van der Waals surface area contributed by atoms with Crippen molar-refractivity contribution in [3.63, 3.8) is 0 Å². The van der Waals surface area contributed by atoms with Gasteiger partial charge >= 0.3 is 6.09 Å². The monoisotopic (exact) mass is 413 g/mol. The molecule has 3 rings (SSSR count). The number of alkyl carbamates (subject to hydrolysis) is 1. The Hall–Kier alpha value is -3.49. The molecule has 1 aliphatic heterocycles. The van der Waals surface area contributed by atoms with E-state index in [4.69, 9.17) is 9.15 Å². The third-order valence-electron chi connectivity index (χ3n) is 4.80. The molecule has 0 bridgehead atoms. The zero-order chi connectivity index (χ0) is 21.3. The second-order valence-electron chi connectivity index (χ2n) is 6.99. The van der Waals surface area contributed by atoms with E-state index in [1.165, 1.54) is 12.5 Å². The Bertz CT molecular complexity index is 881. The van der Waals surface area contributed by atoms with E-state index in [1.54, 1.807) is 12.1 Å². The molecular formula is C21H23N3O6. The molecule has 2 atom stereocenters. The Morgan fingerprint density at radius 3 is 2.77 bits per heavy atom. The summed E-state index contributed by atoms with van der Waals surface area (Å²) in [5, 5.41) is 4.99.